The number of benzene rings is 2. The molecule has 1 heterocycles. The molecule has 25 heavy (non-hydrogen) atoms. The summed E-state index contributed by atoms with van der Waals surface area (Å²) in [7, 11) is 3.34. The maximum Gasteiger partial charge on any atom is 0.161 e. The molecule has 0 saturated carbocycles. The summed E-state index contributed by atoms with van der Waals surface area (Å²) in [6, 6.07) is 14.8. The van der Waals surface area contributed by atoms with Gasteiger partial charge in [-0.05, 0) is 23.3 Å². The zero-order valence-electron chi connectivity index (χ0n) is 14.9. The Morgan fingerprint density at radius 3 is 2.00 bits per heavy atom. The first-order valence-electron chi connectivity index (χ1n) is 8.58. The maximum absolute atomic E-state index is 5.43. The minimum absolute atomic E-state index is 0.755. The molecule has 1 aliphatic heterocycles. The maximum atomic E-state index is 5.43. The quantitative estimate of drug-likeness (QED) is 0.730. The second kappa shape index (κ2) is 8.70. The summed E-state index contributed by atoms with van der Waals surface area (Å²) < 4.78 is 11.9. The van der Waals surface area contributed by atoms with Gasteiger partial charge in [-0.2, -0.15) is 0 Å². The second-order valence-electron chi connectivity index (χ2n) is 6.34. The van der Waals surface area contributed by atoms with Gasteiger partial charge >= 0.3 is 0 Å². The second-order valence-corrected chi connectivity index (χ2v) is 7.19. The smallest absolute Gasteiger partial charge is 0.161 e. The van der Waals surface area contributed by atoms with Crippen molar-refractivity contribution in [3.63, 3.8) is 0 Å². The van der Waals surface area contributed by atoms with Crippen LogP contribution in [0.3, 0.4) is 0 Å². The Balaban J connectivity index is 1.57. The Hall–Kier alpha value is -1.56. The fourth-order valence-electron chi connectivity index (χ4n) is 3.21. The van der Waals surface area contributed by atoms with E-state index in [-0.39, 0.29) is 0 Å². The highest BCUT2D eigenvalue weighted by Gasteiger charge is 2.19. The normalized spacial score (nSPS) is 16.0. The van der Waals surface area contributed by atoms with Gasteiger partial charge in [0.05, 0.1) is 14.2 Å². The van der Waals surface area contributed by atoms with Crippen molar-refractivity contribution in [2.24, 2.45) is 0 Å². The fraction of sp³-hybridized carbons (Fsp3) is 0.400. The van der Waals surface area contributed by atoms with Crippen LogP contribution in [0.4, 0.5) is 0 Å². The van der Waals surface area contributed by atoms with E-state index >= 15 is 0 Å². The summed E-state index contributed by atoms with van der Waals surface area (Å²) >= 11 is 3.66. The van der Waals surface area contributed by atoms with Gasteiger partial charge in [0.1, 0.15) is 0 Å². The Morgan fingerprint density at radius 1 is 0.840 bits per heavy atom. The molecule has 0 radical (unpaired) electrons. The van der Waals surface area contributed by atoms with Crippen LogP contribution in [-0.4, -0.2) is 50.2 Å². The predicted molar refractivity (Wildman–Crippen MR) is 104 cm³/mol. The molecular weight excluding hydrogens is 380 g/mol. The number of hydrogen-bond donors (Lipinski definition) is 0. The van der Waals surface area contributed by atoms with E-state index < -0.39 is 0 Å². The number of nitrogens with zero attached hydrogens (tertiary/aromatic N) is 2. The molecule has 4 nitrogen and oxygen atoms in total. The highest BCUT2D eigenvalue weighted by atomic mass is 79.9. The number of rotatable bonds is 6. The molecule has 0 amide bonds. The molecule has 1 fully saturated rings. The van der Waals surface area contributed by atoms with Gasteiger partial charge in [0.2, 0.25) is 0 Å². The van der Waals surface area contributed by atoms with E-state index in [4.69, 9.17) is 9.47 Å². The molecule has 0 atom stereocenters. The molecule has 0 aliphatic carbocycles. The van der Waals surface area contributed by atoms with Crippen molar-refractivity contribution >= 4 is 15.9 Å². The fourth-order valence-corrected chi connectivity index (χ4v) is 3.65. The van der Waals surface area contributed by atoms with Crippen molar-refractivity contribution < 1.29 is 9.47 Å². The van der Waals surface area contributed by atoms with Gasteiger partial charge in [-0.1, -0.05) is 46.3 Å². The van der Waals surface area contributed by atoms with Gasteiger partial charge in [0, 0.05) is 43.7 Å². The molecule has 5 heteroatoms. The largest absolute Gasteiger partial charge is 0.493 e. The van der Waals surface area contributed by atoms with Crippen molar-refractivity contribution in [3.05, 3.63) is 58.1 Å². The lowest BCUT2D eigenvalue weighted by atomic mass is 10.1. The standard InChI is InChI=1S/C20H25BrN2O2/c1-24-19-12-17(18(21)13-20(19)25-2)15-23-10-8-22(9-11-23)14-16-6-4-3-5-7-16/h3-7,12-13H,8-11,14-15H2,1-2H3. The van der Waals surface area contributed by atoms with Crippen LogP contribution in [0.5, 0.6) is 11.5 Å². The van der Waals surface area contributed by atoms with Crippen LogP contribution in [-0.2, 0) is 13.1 Å². The molecule has 0 unspecified atom stereocenters. The summed E-state index contributed by atoms with van der Waals surface area (Å²) in [6.07, 6.45) is 0. The lowest BCUT2D eigenvalue weighted by Gasteiger charge is -2.35. The summed E-state index contributed by atoms with van der Waals surface area (Å²) in [5, 5.41) is 0. The number of ether oxygens (including phenoxy) is 2. The number of methoxy groups -OCH3 is 2. The average molecular weight is 405 g/mol. The molecule has 1 saturated heterocycles. The monoisotopic (exact) mass is 404 g/mol. The molecule has 134 valence electrons. The number of halogens is 1. The van der Waals surface area contributed by atoms with E-state index in [9.17, 15) is 0 Å². The van der Waals surface area contributed by atoms with Crippen molar-refractivity contribution in [2.75, 3.05) is 40.4 Å². The highest BCUT2D eigenvalue weighted by molar-refractivity contribution is 9.10. The molecule has 3 rings (SSSR count). The Bertz CT molecular complexity index is 686. The van der Waals surface area contributed by atoms with Crippen LogP contribution in [0.15, 0.2) is 46.9 Å². The summed E-state index contributed by atoms with van der Waals surface area (Å²) in [5.74, 6) is 1.54. The lowest BCUT2D eigenvalue weighted by molar-refractivity contribution is 0.122. The molecule has 2 aromatic rings. The van der Waals surface area contributed by atoms with E-state index in [1.54, 1.807) is 14.2 Å². The minimum Gasteiger partial charge on any atom is -0.493 e. The van der Waals surface area contributed by atoms with Crippen LogP contribution in [0.1, 0.15) is 11.1 Å². The summed E-state index contributed by atoms with van der Waals surface area (Å²) in [6.45, 7) is 6.30. The van der Waals surface area contributed by atoms with E-state index in [2.05, 4.69) is 62.1 Å². The zero-order valence-corrected chi connectivity index (χ0v) is 16.5. The van der Waals surface area contributed by atoms with Crippen LogP contribution in [0, 0.1) is 0 Å². The Labute approximate surface area is 158 Å². The van der Waals surface area contributed by atoms with Gasteiger partial charge < -0.3 is 9.47 Å². The van der Waals surface area contributed by atoms with E-state index in [1.807, 2.05) is 6.07 Å². The Kier molecular flexibility index (Phi) is 6.34. The van der Waals surface area contributed by atoms with Crippen LogP contribution >= 0.6 is 15.9 Å². The molecule has 1 aliphatic rings. The van der Waals surface area contributed by atoms with Crippen LogP contribution < -0.4 is 9.47 Å². The third-order valence-corrected chi connectivity index (χ3v) is 5.40. The molecule has 0 bridgehead atoms. The first-order valence-corrected chi connectivity index (χ1v) is 9.38. The SMILES string of the molecule is COc1cc(Br)c(CN2CCN(Cc3ccccc3)CC2)cc1OC. The van der Waals surface area contributed by atoms with Crippen molar-refractivity contribution in [1.82, 2.24) is 9.80 Å². The van der Waals surface area contributed by atoms with Crippen molar-refractivity contribution in [3.8, 4) is 11.5 Å². The van der Waals surface area contributed by atoms with Crippen molar-refractivity contribution in [2.45, 2.75) is 13.1 Å². The molecule has 2 aromatic carbocycles. The van der Waals surface area contributed by atoms with Gasteiger partial charge in [-0.3, -0.25) is 9.80 Å². The predicted octanol–water partition coefficient (Wildman–Crippen LogP) is 3.78. The summed E-state index contributed by atoms with van der Waals surface area (Å²) in [4.78, 5) is 5.02. The third-order valence-electron chi connectivity index (χ3n) is 4.66. The zero-order chi connectivity index (χ0) is 17.6. The van der Waals surface area contributed by atoms with E-state index in [0.717, 1.165) is 55.2 Å². The lowest BCUT2D eigenvalue weighted by Crippen LogP contribution is -2.45. The van der Waals surface area contributed by atoms with E-state index in [1.165, 1.54) is 11.1 Å². The van der Waals surface area contributed by atoms with Gasteiger partial charge in [-0.15, -0.1) is 0 Å². The molecule has 0 N–H and O–H groups in total. The molecule has 0 spiro atoms. The number of hydrogen-bond acceptors (Lipinski definition) is 4. The summed E-state index contributed by atoms with van der Waals surface area (Å²) in [5.41, 5.74) is 2.62. The highest BCUT2D eigenvalue weighted by Crippen LogP contribution is 2.34. The minimum atomic E-state index is 0.755. The average Bonchev–Trinajstić information content (AvgIpc) is 2.65. The van der Waals surface area contributed by atoms with Crippen LogP contribution in [0.25, 0.3) is 0 Å². The first kappa shape index (κ1) is 18.2. The molecular formula is C20H25BrN2O2. The van der Waals surface area contributed by atoms with E-state index in [0.29, 0.717) is 0 Å². The third kappa shape index (κ3) is 4.75. The Morgan fingerprint density at radius 2 is 1.40 bits per heavy atom. The van der Waals surface area contributed by atoms with Gasteiger partial charge in [-0.25, -0.2) is 0 Å². The number of piperazine rings is 1. The molecule has 0 aromatic heterocycles. The van der Waals surface area contributed by atoms with Crippen LogP contribution in [0.2, 0.25) is 0 Å². The topological polar surface area (TPSA) is 24.9 Å². The van der Waals surface area contributed by atoms with Gasteiger partial charge in [0.25, 0.3) is 0 Å². The first-order chi connectivity index (χ1) is 12.2. The van der Waals surface area contributed by atoms with Gasteiger partial charge in [0.15, 0.2) is 11.5 Å². The van der Waals surface area contributed by atoms with Crippen molar-refractivity contribution in [1.29, 1.82) is 0 Å².